The van der Waals surface area contributed by atoms with Crippen LogP contribution in [-0.2, 0) is 14.3 Å². The van der Waals surface area contributed by atoms with Gasteiger partial charge in [0.05, 0.1) is 25.4 Å². The maximum Gasteiger partial charge on any atom is 0.220 e. The number of nitrogens with one attached hydrogen (secondary N) is 1. The van der Waals surface area contributed by atoms with E-state index in [0.29, 0.717) is 12.8 Å². The molecule has 0 aromatic carbocycles. The Morgan fingerprint density at radius 3 is 1.34 bits per heavy atom. The molecule has 9 heteroatoms. The molecule has 1 aliphatic rings. The zero-order valence-electron chi connectivity index (χ0n) is 43.1. The number of rotatable bonds is 47. The smallest absolute Gasteiger partial charge is 0.220 e. The number of carbonyl (C=O) groups excluding carboxylic acids is 1. The van der Waals surface area contributed by atoms with Crippen LogP contribution in [0.25, 0.3) is 0 Å². The third-order valence-electron chi connectivity index (χ3n) is 13.1. The number of amides is 1. The van der Waals surface area contributed by atoms with Crippen LogP contribution in [0.1, 0.15) is 245 Å². The van der Waals surface area contributed by atoms with E-state index in [-0.39, 0.29) is 12.5 Å². The Kier molecular flexibility index (Phi) is 44.7. The van der Waals surface area contributed by atoms with Gasteiger partial charge in [-0.25, -0.2) is 0 Å². The molecule has 1 aliphatic heterocycles. The average Bonchev–Trinajstić information content (AvgIpc) is 3.33. The molecule has 7 atom stereocenters. The van der Waals surface area contributed by atoms with Crippen LogP contribution in [0.5, 0.6) is 0 Å². The highest BCUT2D eigenvalue weighted by Crippen LogP contribution is 2.23. The van der Waals surface area contributed by atoms with Gasteiger partial charge in [-0.2, -0.15) is 0 Å². The number of hydrogen-bond acceptors (Lipinski definition) is 8. The van der Waals surface area contributed by atoms with Crippen molar-refractivity contribution in [1.29, 1.82) is 0 Å². The molecular weight excluding hydrogens is 839 g/mol. The van der Waals surface area contributed by atoms with Gasteiger partial charge in [0.1, 0.15) is 24.4 Å². The first-order chi connectivity index (χ1) is 32.8. The summed E-state index contributed by atoms with van der Waals surface area (Å²) in [4.78, 5) is 12.8. The Bertz CT molecular complexity index is 1230. The van der Waals surface area contributed by atoms with E-state index < -0.39 is 49.5 Å². The molecule has 1 rings (SSSR count). The Morgan fingerprint density at radius 2 is 0.925 bits per heavy atom. The number of hydrogen-bond donors (Lipinski definition) is 6. The fourth-order valence-electron chi connectivity index (χ4n) is 8.72. The van der Waals surface area contributed by atoms with E-state index in [1.807, 2.05) is 0 Å². The number of ether oxygens (including phenoxy) is 2. The summed E-state index contributed by atoms with van der Waals surface area (Å²) in [5, 5.41) is 53.7. The lowest BCUT2D eigenvalue weighted by atomic mass is 9.99. The Balaban J connectivity index is 1.88. The van der Waals surface area contributed by atoms with E-state index >= 15 is 0 Å². The lowest BCUT2D eigenvalue weighted by molar-refractivity contribution is -0.302. The van der Waals surface area contributed by atoms with E-state index in [9.17, 15) is 30.3 Å². The fourth-order valence-corrected chi connectivity index (χ4v) is 8.72. The van der Waals surface area contributed by atoms with Crippen molar-refractivity contribution in [3.8, 4) is 0 Å². The van der Waals surface area contributed by atoms with Crippen LogP contribution in [0.15, 0.2) is 60.8 Å². The van der Waals surface area contributed by atoms with E-state index in [1.54, 1.807) is 0 Å². The minimum atomic E-state index is -1.55. The van der Waals surface area contributed by atoms with Crippen molar-refractivity contribution >= 4 is 5.91 Å². The molecule has 0 saturated carbocycles. The van der Waals surface area contributed by atoms with Crippen molar-refractivity contribution in [1.82, 2.24) is 5.32 Å². The molecule has 6 N–H and O–H groups in total. The van der Waals surface area contributed by atoms with Gasteiger partial charge in [-0.1, -0.05) is 242 Å². The predicted molar refractivity (Wildman–Crippen MR) is 281 cm³/mol. The molecule has 0 spiro atoms. The van der Waals surface area contributed by atoms with Crippen LogP contribution in [0.4, 0.5) is 0 Å². The second-order valence-electron chi connectivity index (χ2n) is 19.4. The first kappa shape index (κ1) is 62.9. The number of aliphatic hydroxyl groups is 5. The number of allylic oxidation sites excluding steroid dienone is 10. The van der Waals surface area contributed by atoms with Crippen LogP contribution >= 0.6 is 0 Å². The number of carbonyl (C=O) groups is 1. The lowest BCUT2D eigenvalue weighted by Gasteiger charge is -2.40. The van der Waals surface area contributed by atoms with Crippen molar-refractivity contribution in [2.75, 3.05) is 13.2 Å². The molecular formula is C58H105NO8. The van der Waals surface area contributed by atoms with Crippen molar-refractivity contribution < 1.29 is 39.8 Å². The maximum absolute atomic E-state index is 12.8. The highest BCUT2D eigenvalue weighted by molar-refractivity contribution is 5.76. The molecule has 0 aliphatic carbocycles. The fraction of sp³-hybridized carbons (Fsp3) is 0.810. The van der Waals surface area contributed by atoms with Crippen LogP contribution in [0, 0.1) is 0 Å². The summed E-state index contributed by atoms with van der Waals surface area (Å²) in [5.74, 6) is -0.153. The predicted octanol–water partition coefficient (Wildman–Crippen LogP) is 13.5. The molecule has 67 heavy (non-hydrogen) atoms. The molecule has 0 aromatic rings. The Hall–Kier alpha value is -2.11. The van der Waals surface area contributed by atoms with Crippen molar-refractivity contribution in [2.24, 2.45) is 0 Å². The molecule has 7 unspecified atom stereocenters. The quantitative estimate of drug-likeness (QED) is 0.0261. The third kappa shape index (κ3) is 37.4. The summed E-state index contributed by atoms with van der Waals surface area (Å²) < 4.78 is 11.1. The van der Waals surface area contributed by atoms with Gasteiger partial charge in [0, 0.05) is 6.42 Å². The number of aliphatic hydroxyl groups excluding tert-OH is 5. The summed E-state index contributed by atoms with van der Waals surface area (Å²) in [7, 11) is 0. The van der Waals surface area contributed by atoms with Crippen LogP contribution in [0.3, 0.4) is 0 Å². The molecule has 390 valence electrons. The van der Waals surface area contributed by atoms with Gasteiger partial charge in [-0.3, -0.25) is 4.79 Å². The van der Waals surface area contributed by atoms with Gasteiger partial charge >= 0.3 is 0 Å². The van der Waals surface area contributed by atoms with Gasteiger partial charge in [0.25, 0.3) is 0 Å². The summed E-state index contributed by atoms with van der Waals surface area (Å²) >= 11 is 0. The molecule has 9 nitrogen and oxygen atoms in total. The van der Waals surface area contributed by atoms with Gasteiger partial charge in [0.2, 0.25) is 5.91 Å². The van der Waals surface area contributed by atoms with Gasteiger partial charge in [-0.15, -0.1) is 0 Å². The largest absolute Gasteiger partial charge is 0.394 e. The topological polar surface area (TPSA) is 149 Å². The highest BCUT2D eigenvalue weighted by atomic mass is 16.7. The average molecular weight is 944 g/mol. The molecule has 0 aromatic heterocycles. The van der Waals surface area contributed by atoms with Crippen LogP contribution < -0.4 is 5.32 Å². The van der Waals surface area contributed by atoms with E-state index in [2.05, 4.69) is 79.9 Å². The Morgan fingerprint density at radius 1 is 0.522 bits per heavy atom. The van der Waals surface area contributed by atoms with E-state index in [1.165, 1.54) is 148 Å². The zero-order valence-corrected chi connectivity index (χ0v) is 43.1. The normalized spacial score (nSPS) is 20.1. The molecule has 0 bridgehead atoms. The summed E-state index contributed by atoms with van der Waals surface area (Å²) in [6.07, 6.45) is 58.2. The van der Waals surface area contributed by atoms with Crippen LogP contribution in [-0.4, -0.2) is 87.5 Å². The van der Waals surface area contributed by atoms with Crippen molar-refractivity contribution in [3.63, 3.8) is 0 Å². The summed E-state index contributed by atoms with van der Waals surface area (Å²) in [5.41, 5.74) is 0. The first-order valence-electron chi connectivity index (χ1n) is 28.0. The first-order valence-corrected chi connectivity index (χ1v) is 28.0. The summed E-state index contributed by atoms with van der Waals surface area (Å²) in [6, 6.07) is -0.713. The molecule has 1 amide bonds. The lowest BCUT2D eigenvalue weighted by Crippen LogP contribution is -2.60. The van der Waals surface area contributed by atoms with Gasteiger partial charge < -0.3 is 40.3 Å². The highest BCUT2D eigenvalue weighted by Gasteiger charge is 2.44. The standard InChI is InChI=1S/C58H105NO8/c1-3-5-7-8-9-10-11-12-13-14-15-16-17-18-19-20-21-22-23-24-25-26-27-28-29-30-31-32-33-34-35-36-37-38-39-40-41-42-43-44-46-48-54(62)59-51(52(61)47-45-6-4-2)50-66-58-57(65)56(64)55(63)53(49-60)67-58/h5,7,9-10,12-13,15-16,18-19,51-53,55-58,60-61,63-65H,3-4,6,8,11,14,17,20-50H2,1-2H3,(H,59,62)/b7-5-,10-9-,13-12-,16-15-,19-18-. The molecule has 1 fully saturated rings. The second kappa shape index (κ2) is 47.6. The van der Waals surface area contributed by atoms with Gasteiger partial charge in [-0.05, 0) is 57.8 Å². The molecule has 1 heterocycles. The second-order valence-corrected chi connectivity index (χ2v) is 19.4. The third-order valence-corrected chi connectivity index (χ3v) is 13.1. The van der Waals surface area contributed by atoms with Gasteiger partial charge in [0.15, 0.2) is 6.29 Å². The van der Waals surface area contributed by atoms with E-state index in [4.69, 9.17) is 9.47 Å². The maximum atomic E-state index is 12.8. The summed E-state index contributed by atoms with van der Waals surface area (Å²) in [6.45, 7) is 3.56. The number of unbranched alkanes of at least 4 members (excludes halogenated alkanes) is 27. The zero-order chi connectivity index (χ0) is 48.7. The minimum Gasteiger partial charge on any atom is -0.394 e. The monoisotopic (exact) mass is 944 g/mol. The Labute approximate surface area is 411 Å². The minimum absolute atomic E-state index is 0.141. The van der Waals surface area contributed by atoms with Crippen molar-refractivity contribution in [3.05, 3.63) is 60.8 Å². The van der Waals surface area contributed by atoms with E-state index in [0.717, 1.165) is 70.6 Å². The molecule has 1 saturated heterocycles. The SMILES string of the molecule is CC/C=C\C/C=C\C/C=C\C/C=C\C/C=C\CCCCCCCCCCCCCCCCCCCCCCCCCCCC(=O)NC(COC1OC(CO)C(O)C(O)C1O)C(O)CCCCC. The van der Waals surface area contributed by atoms with Crippen LogP contribution in [0.2, 0.25) is 0 Å². The molecule has 0 radical (unpaired) electrons. The van der Waals surface area contributed by atoms with Crippen molar-refractivity contribution in [2.45, 2.75) is 288 Å².